The van der Waals surface area contributed by atoms with E-state index in [1.54, 1.807) is 0 Å². The maximum Gasteiger partial charge on any atom is 0.246 e. The predicted octanol–water partition coefficient (Wildman–Crippen LogP) is 0.265. The Morgan fingerprint density at radius 2 is 2.21 bits per heavy atom. The first-order valence-corrected chi connectivity index (χ1v) is 5.24. The van der Waals surface area contributed by atoms with E-state index >= 15 is 0 Å². The van der Waals surface area contributed by atoms with Gasteiger partial charge in [0, 0.05) is 12.6 Å². The molecule has 3 N–H and O–H groups in total. The van der Waals surface area contributed by atoms with Crippen molar-refractivity contribution in [3.8, 4) is 0 Å². The van der Waals surface area contributed by atoms with E-state index in [4.69, 9.17) is 10.5 Å². The van der Waals surface area contributed by atoms with Gasteiger partial charge in [-0.3, -0.25) is 4.79 Å². The number of amides is 1. The maximum atomic E-state index is 11.4. The van der Waals surface area contributed by atoms with Gasteiger partial charge in [-0.25, -0.2) is 0 Å². The van der Waals surface area contributed by atoms with Crippen LogP contribution < -0.4 is 11.1 Å². The van der Waals surface area contributed by atoms with Gasteiger partial charge in [0.2, 0.25) is 5.91 Å². The van der Waals surface area contributed by atoms with E-state index < -0.39 is 0 Å². The molecule has 0 heterocycles. The summed E-state index contributed by atoms with van der Waals surface area (Å²) < 4.78 is 5.20. The summed E-state index contributed by atoms with van der Waals surface area (Å²) in [5.41, 5.74) is 5.56. The molecule has 1 unspecified atom stereocenters. The molecule has 1 fully saturated rings. The predicted molar refractivity (Wildman–Crippen MR) is 54.8 cm³/mol. The molecular formula is C10H20N2O2. The summed E-state index contributed by atoms with van der Waals surface area (Å²) in [4.78, 5) is 11.4. The van der Waals surface area contributed by atoms with Gasteiger partial charge in [0.05, 0.1) is 6.10 Å². The lowest BCUT2D eigenvalue weighted by molar-refractivity contribution is -0.127. The third-order valence-electron chi connectivity index (χ3n) is 2.34. The highest BCUT2D eigenvalue weighted by Crippen LogP contribution is 2.32. The minimum absolute atomic E-state index is 0.0546. The van der Waals surface area contributed by atoms with Crippen molar-refractivity contribution in [1.29, 1.82) is 0 Å². The van der Waals surface area contributed by atoms with Crippen LogP contribution in [0, 0.1) is 5.92 Å². The second-order valence-corrected chi connectivity index (χ2v) is 4.11. The van der Waals surface area contributed by atoms with Gasteiger partial charge in [0.1, 0.15) is 6.61 Å². The zero-order valence-electron chi connectivity index (χ0n) is 8.95. The van der Waals surface area contributed by atoms with Crippen LogP contribution in [-0.4, -0.2) is 31.2 Å². The minimum Gasteiger partial charge on any atom is -0.369 e. The highest BCUT2D eigenvalue weighted by Gasteiger charge is 2.31. The fourth-order valence-corrected chi connectivity index (χ4v) is 1.36. The molecule has 0 aliphatic heterocycles. The van der Waals surface area contributed by atoms with Crippen molar-refractivity contribution >= 4 is 5.91 Å². The standard InChI is InChI=1S/C10H20N2O2/c1-7(2)14-6-10(13)12-9(5-11)8-3-4-8/h7-9H,3-6,11H2,1-2H3,(H,12,13). The van der Waals surface area contributed by atoms with Crippen LogP contribution in [0.3, 0.4) is 0 Å². The largest absolute Gasteiger partial charge is 0.369 e. The number of carbonyl (C=O) groups is 1. The number of ether oxygens (including phenoxy) is 1. The Balaban J connectivity index is 2.17. The molecule has 1 saturated carbocycles. The number of carbonyl (C=O) groups excluding carboxylic acids is 1. The second kappa shape index (κ2) is 5.32. The third kappa shape index (κ3) is 4.07. The van der Waals surface area contributed by atoms with E-state index in [0.29, 0.717) is 12.5 Å². The van der Waals surface area contributed by atoms with Crippen molar-refractivity contribution in [1.82, 2.24) is 5.32 Å². The van der Waals surface area contributed by atoms with E-state index in [-0.39, 0.29) is 24.7 Å². The van der Waals surface area contributed by atoms with Crippen LogP contribution in [-0.2, 0) is 9.53 Å². The Hall–Kier alpha value is -0.610. The quantitative estimate of drug-likeness (QED) is 0.646. The van der Waals surface area contributed by atoms with E-state index in [1.165, 1.54) is 12.8 Å². The number of nitrogens with one attached hydrogen (secondary N) is 1. The molecule has 0 radical (unpaired) electrons. The first-order chi connectivity index (χ1) is 6.63. The summed E-state index contributed by atoms with van der Waals surface area (Å²) in [6, 6.07) is 0.151. The van der Waals surface area contributed by atoms with Crippen LogP contribution in [0.25, 0.3) is 0 Å². The summed E-state index contributed by atoms with van der Waals surface area (Å²) in [6.07, 6.45) is 2.47. The molecule has 0 spiro atoms. The normalized spacial score (nSPS) is 18.3. The zero-order chi connectivity index (χ0) is 10.6. The summed E-state index contributed by atoms with van der Waals surface area (Å²) in [5.74, 6) is 0.545. The Labute approximate surface area is 85.2 Å². The Morgan fingerprint density at radius 3 is 2.64 bits per heavy atom. The van der Waals surface area contributed by atoms with E-state index in [2.05, 4.69) is 5.32 Å². The smallest absolute Gasteiger partial charge is 0.246 e. The van der Waals surface area contributed by atoms with Gasteiger partial charge in [-0.15, -0.1) is 0 Å². The number of hydrogen-bond acceptors (Lipinski definition) is 3. The van der Waals surface area contributed by atoms with E-state index in [1.807, 2.05) is 13.8 Å². The minimum atomic E-state index is -0.0546. The highest BCUT2D eigenvalue weighted by molar-refractivity contribution is 5.77. The Bertz CT molecular complexity index is 191. The van der Waals surface area contributed by atoms with Crippen LogP contribution in [0.15, 0.2) is 0 Å². The van der Waals surface area contributed by atoms with E-state index in [9.17, 15) is 4.79 Å². The zero-order valence-corrected chi connectivity index (χ0v) is 8.95. The van der Waals surface area contributed by atoms with Crippen molar-refractivity contribution in [2.75, 3.05) is 13.2 Å². The van der Waals surface area contributed by atoms with Crippen LogP contribution in [0.1, 0.15) is 26.7 Å². The molecule has 1 aliphatic carbocycles. The fraction of sp³-hybridized carbons (Fsp3) is 0.900. The van der Waals surface area contributed by atoms with Gasteiger partial charge in [0.15, 0.2) is 0 Å². The monoisotopic (exact) mass is 200 g/mol. The van der Waals surface area contributed by atoms with Gasteiger partial charge in [-0.2, -0.15) is 0 Å². The molecule has 1 amide bonds. The molecule has 0 aromatic heterocycles. The van der Waals surface area contributed by atoms with Gasteiger partial charge in [-0.1, -0.05) is 0 Å². The first-order valence-electron chi connectivity index (χ1n) is 5.24. The lowest BCUT2D eigenvalue weighted by Gasteiger charge is -2.16. The fourth-order valence-electron chi connectivity index (χ4n) is 1.36. The van der Waals surface area contributed by atoms with E-state index in [0.717, 1.165) is 0 Å². The number of rotatable bonds is 6. The molecular weight excluding hydrogens is 180 g/mol. The molecule has 4 nitrogen and oxygen atoms in total. The second-order valence-electron chi connectivity index (χ2n) is 4.11. The van der Waals surface area contributed by atoms with Crippen LogP contribution in [0.2, 0.25) is 0 Å². The summed E-state index contributed by atoms with van der Waals surface area (Å²) >= 11 is 0. The summed E-state index contributed by atoms with van der Waals surface area (Å²) in [6.45, 7) is 4.49. The van der Waals surface area contributed by atoms with Crippen molar-refractivity contribution in [2.45, 2.75) is 38.8 Å². The highest BCUT2D eigenvalue weighted by atomic mass is 16.5. The van der Waals surface area contributed by atoms with Crippen LogP contribution >= 0.6 is 0 Å². The summed E-state index contributed by atoms with van der Waals surface area (Å²) in [7, 11) is 0. The van der Waals surface area contributed by atoms with Gasteiger partial charge in [0.25, 0.3) is 0 Å². The molecule has 14 heavy (non-hydrogen) atoms. The van der Waals surface area contributed by atoms with Crippen LogP contribution in [0.4, 0.5) is 0 Å². The number of nitrogens with two attached hydrogens (primary N) is 1. The van der Waals surface area contributed by atoms with Crippen molar-refractivity contribution in [2.24, 2.45) is 11.7 Å². The first kappa shape index (κ1) is 11.5. The third-order valence-corrected chi connectivity index (χ3v) is 2.34. The molecule has 0 bridgehead atoms. The number of hydrogen-bond donors (Lipinski definition) is 2. The molecule has 0 aromatic carbocycles. The average molecular weight is 200 g/mol. The van der Waals surface area contributed by atoms with Gasteiger partial charge < -0.3 is 15.8 Å². The topological polar surface area (TPSA) is 64.3 Å². The van der Waals surface area contributed by atoms with Crippen LogP contribution in [0.5, 0.6) is 0 Å². The van der Waals surface area contributed by atoms with Crippen molar-refractivity contribution in [3.63, 3.8) is 0 Å². The molecule has 0 aromatic rings. The summed E-state index contributed by atoms with van der Waals surface area (Å²) in [5, 5.41) is 2.90. The lowest BCUT2D eigenvalue weighted by Crippen LogP contribution is -2.43. The van der Waals surface area contributed by atoms with Crippen molar-refractivity contribution in [3.05, 3.63) is 0 Å². The molecule has 1 aliphatic rings. The lowest BCUT2D eigenvalue weighted by atomic mass is 10.2. The maximum absolute atomic E-state index is 11.4. The van der Waals surface area contributed by atoms with Gasteiger partial charge in [-0.05, 0) is 32.6 Å². The molecule has 4 heteroatoms. The average Bonchev–Trinajstić information content (AvgIpc) is 2.94. The molecule has 0 saturated heterocycles. The molecule has 1 rings (SSSR count). The Morgan fingerprint density at radius 1 is 1.57 bits per heavy atom. The molecule has 82 valence electrons. The Kier molecular flexibility index (Phi) is 4.35. The molecule has 1 atom stereocenters. The van der Waals surface area contributed by atoms with Gasteiger partial charge >= 0.3 is 0 Å². The SMILES string of the molecule is CC(C)OCC(=O)NC(CN)C1CC1. The van der Waals surface area contributed by atoms with Crippen molar-refractivity contribution < 1.29 is 9.53 Å².